The lowest BCUT2D eigenvalue weighted by Gasteiger charge is -2.11. The van der Waals surface area contributed by atoms with Crippen LogP contribution in [0.4, 0.5) is 14.5 Å². The third-order valence-corrected chi connectivity index (χ3v) is 4.10. The summed E-state index contributed by atoms with van der Waals surface area (Å²) in [6.07, 6.45) is 4.08. The van der Waals surface area contributed by atoms with Crippen LogP contribution in [-0.4, -0.2) is 25.0 Å². The first-order valence-corrected chi connectivity index (χ1v) is 8.15. The fourth-order valence-corrected chi connectivity index (χ4v) is 2.85. The van der Waals surface area contributed by atoms with Crippen molar-refractivity contribution in [2.45, 2.75) is 38.7 Å². The van der Waals surface area contributed by atoms with Gasteiger partial charge in [-0.25, -0.2) is 0 Å². The minimum Gasteiger partial charge on any atom is -0.433 e. The smallest absolute Gasteiger partial charge is 0.387 e. The van der Waals surface area contributed by atoms with E-state index >= 15 is 0 Å². The lowest BCUT2D eigenvalue weighted by molar-refractivity contribution is -0.124. The summed E-state index contributed by atoms with van der Waals surface area (Å²) in [5.41, 5.74) is 0.369. The molecule has 5 nitrogen and oxygen atoms in total. The molecular formula is C16H19ClF2N2O3. The van der Waals surface area contributed by atoms with Crippen LogP contribution in [0.25, 0.3) is 0 Å². The molecule has 0 aromatic heterocycles. The van der Waals surface area contributed by atoms with Crippen LogP contribution in [0.5, 0.6) is 5.75 Å². The molecule has 1 fully saturated rings. The number of benzene rings is 1. The van der Waals surface area contributed by atoms with Crippen LogP contribution in [0.3, 0.4) is 0 Å². The summed E-state index contributed by atoms with van der Waals surface area (Å²) in [7, 11) is 0. The van der Waals surface area contributed by atoms with Gasteiger partial charge in [-0.1, -0.05) is 24.4 Å². The van der Waals surface area contributed by atoms with Gasteiger partial charge in [0.25, 0.3) is 0 Å². The second-order valence-electron chi connectivity index (χ2n) is 5.59. The molecular weight excluding hydrogens is 342 g/mol. The number of alkyl halides is 2. The largest absolute Gasteiger partial charge is 0.433 e. The highest BCUT2D eigenvalue weighted by Gasteiger charge is 2.22. The van der Waals surface area contributed by atoms with Crippen molar-refractivity contribution in [3.8, 4) is 5.75 Å². The Bertz CT molecular complexity index is 593. The van der Waals surface area contributed by atoms with E-state index in [1.165, 1.54) is 18.2 Å². The van der Waals surface area contributed by atoms with Gasteiger partial charge in [0.05, 0.1) is 5.02 Å². The van der Waals surface area contributed by atoms with Crippen molar-refractivity contribution in [3.05, 3.63) is 23.2 Å². The van der Waals surface area contributed by atoms with Crippen LogP contribution in [0.2, 0.25) is 5.02 Å². The molecule has 0 unspecified atom stereocenters. The molecule has 1 aliphatic rings. The summed E-state index contributed by atoms with van der Waals surface area (Å²) in [5, 5.41) is 5.32. The van der Waals surface area contributed by atoms with Gasteiger partial charge >= 0.3 is 6.61 Å². The molecule has 1 saturated carbocycles. The van der Waals surface area contributed by atoms with Gasteiger partial charge in [-0.05, 0) is 31.0 Å². The van der Waals surface area contributed by atoms with Gasteiger partial charge in [0.2, 0.25) is 11.8 Å². The first-order valence-electron chi connectivity index (χ1n) is 7.77. The molecule has 2 rings (SSSR count). The Morgan fingerprint density at radius 1 is 1.29 bits per heavy atom. The number of ether oxygens (including phenoxy) is 1. The third kappa shape index (κ3) is 5.63. The van der Waals surface area contributed by atoms with Gasteiger partial charge in [0.1, 0.15) is 5.75 Å². The van der Waals surface area contributed by atoms with E-state index in [1.807, 2.05) is 0 Å². The molecule has 24 heavy (non-hydrogen) atoms. The second-order valence-corrected chi connectivity index (χ2v) is 6.00. The fourth-order valence-electron chi connectivity index (χ4n) is 2.63. The van der Waals surface area contributed by atoms with Crippen LogP contribution < -0.4 is 15.4 Å². The van der Waals surface area contributed by atoms with Crippen molar-refractivity contribution in [2.75, 3.05) is 11.9 Å². The molecule has 2 amide bonds. The third-order valence-electron chi connectivity index (χ3n) is 3.81. The van der Waals surface area contributed by atoms with Gasteiger partial charge < -0.3 is 15.4 Å². The van der Waals surface area contributed by atoms with Crippen molar-refractivity contribution in [3.63, 3.8) is 0 Å². The topological polar surface area (TPSA) is 67.4 Å². The number of carbonyl (C=O) groups is 2. The molecule has 0 heterocycles. The van der Waals surface area contributed by atoms with Crippen molar-refractivity contribution < 1.29 is 23.1 Å². The molecule has 0 atom stereocenters. The van der Waals surface area contributed by atoms with Crippen LogP contribution >= 0.6 is 11.6 Å². The standard InChI is InChI=1S/C16H19ClF2N2O3/c17-12-9-11(5-6-13(12)24-16(18)19)21-14(22)7-8-20-15(23)10-3-1-2-4-10/h5-6,9-10,16H,1-4,7-8H2,(H,20,23)(H,21,22). The van der Waals surface area contributed by atoms with E-state index in [0.29, 0.717) is 5.69 Å². The minimum absolute atomic E-state index is 0.00292. The summed E-state index contributed by atoms with van der Waals surface area (Å²) in [6, 6.07) is 4.00. The Kier molecular flexibility index (Phi) is 6.78. The van der Waals surface area contributed by atoms with Crippen molar-refractivity contribution in [1.82, 2.24) is 5.32 Å². The number of hydrogen-bond donors (Lipinski definition) is 2. The number of nitrogens with one attached hydrogen (secondary N) is 2. The lowest BCUT2D eigenvalue weighted by atomic mass is 10.1. The highest BCUT2D eigenvalue weighted by molar-refractivity contribution is 6.32. The Morgan fingerprint density at radius 3 is 2.62 bits per heavy atom. The zero-order valence-corrected chi connectivity index (χ0v) is 13.7. The van der Waals surface area contributed by atoms with Gasteiger partial charge in [0.15, 0.2) is 0 Å². The summed E-state index contributed by atoms with van der Waals surface area (Å²) < 4.78 is 28.5. The maximum absolute atomic E-state index is 12.1. The average molecular weight is 361 g/mol. The summed E-state index contributed by atoms with van der Waals surface area (Å²) >= 11 is 5.81. The predicted octanol–water partition coefficient (Wildman–Crippen LogP) is 3.58. The number of rotatable bonds is 7. The average Bonchev–Trinajstić information content (AvgIpc) is 3.04. The molecule has 1 aliphatic carbocycles. The highest BCUT2D eigenvalue weighted by atomic mass is 35.5. The zero-order valence-electron chi connectivity index (χ0n) is 13.0. The molecule has 0 radical (unpaired) electrons. The summed E-state index contributed by atoms with van der Waals surface area (Å²) in [5.74, 6) is -0.403. The molecule has 0 bridgehead atoms. The lowest BCUT2D eigenvalue weighted by Crippen LogP contribution is -2.32. The van der Waals surface area contributed by atoms with Crippen molar-refractivity contribution in [1.29, 1.82) is 0 Å². The first kappa shape index (κ1) is 18.4. The molecule has 1 aromatic rings. The number of hydrogen-bond acceptors (Lipinski definition) is 3. The SMILES string of the molecule is O=C(CCNC(=O)C1CCCC1)Nc1ccc(OC(F)F)c(Cl)c1. The number of carbonyl (C=O) groups excluding carboxylic acids is 2. The molecule has 132 valence electrons. The van der Waals surface area contributed by atoms with E-state index < -0.39 is 6.61 Å². The minimum atomic E-state index is -2.97. The monoisotopic (exact) mass is 360 g/mol. The molecule has 2 N–H and O–H groups in total. The molecule has 0 spiro atoms. The van der Waals surface area contributed by atoms with E-state index in [-0.39, 0.29) is 41.5 Å². The van der Waals surface area contributed by atoms with E-state index in [4.69, 9.17) is 11.6 Å². The Labute approximate surface area is 143 Å². The number of amides is 2. The Balaban J connectivity index is 1.75. The van der Waals surface area contributed by atoms with Gasteiger partial charge in [-0.2, -0.15) is 8.78 Å². The van der Waals surface area contributed by atoms with Crippen LogP contribution in [0.15, 0.2) is 18.2 Å². The van der Waals surface area contributed by atoms with Gasteiger partial charge in [-0.3, -0.25) is 9.59 Å². The van der Waals surface area contributed by atoms with E-state index in [1.54, 1.807) is 0 Å². The maximum atomic E-state index is 12.1. The normalized spacial score (nSPS) is 14.7. The second kappa shape index (κ2) is 8.82. The van der Waals surface area contributed by atoms with E-state index in [2.05, 4.69) is 15.4 Å². The van der Waals surface area contributed by atoms with E-state index in [9.17, 15) is 18.4 Å². The molecule has 0 aliphatic heterocycles. The van der Waals surface area contributed by atoms with Crippen LogP contribution in [-0.2, 0) is 9.59 Å². The molecule has 1 aromatic carbocycles. The zero-order chi connectivity index (χ0) is 17.5. The van der Waals surface area contributed by atoms with Gasteiger partial charge in [0, 0.05) is 24.6 Å². The number of anilines is 1. The number of halogens is 3. The fraction of sp³-hybridized carbons (Fsp3) is 0.500. The first-order chi connectivity index (χ1) is 11.5. The van der Waals surface area contributed by atoms with Crippen LogP contribution in [0, 0.1) is 5.92 Å². The van der Waals surface area contributed by atoms with E-state index in [0.717, 1.165) is 25.7 Å². The highest BCUT2D eigenvalue weighted by Crippen LogP contribution is 2.29. The molecule has 0 saturated heterocycles. The summed E-state index contributed by atoms with van der Waals surface area (Å²) in [4.78, 5) is 23.7. The quantitative estimate of drug-likeness (QED) is 0.781. The van der Waals surface area contributed by atoms with Gasteiger partial charge in [-0.15, -0.1) is 0 Å². The molecule has 8 heteroatoms. The van der Waals surface area contributed by atoms with Crippen LogP contribution in [0.1, 0.15) is 32.1 Å². The van der Waals surface area contributed by atoms with Crippen molar-refractivity contribution >= 4 is 29.1 Å². The predicted molar refractivity (Wildman–Crippen MR) is 86.3 cm³/mol. The Hall–Kier alpha value is -1.89. The van der Waals surface area contributed by atoms with Crippen molar-refractivity contribution in [2.24, 2.45) is 5.92 Å². The maximum Gasteiger partial charge on any atom is 0.387 e. The summed E-state index contributed by atoms with van der Waals surface area (Å²) in [6.45, 7) is -2.71. The Morgan fingerprint density at radius 2 is 2.00 bits per heavy atom.